The monoisotopic (exact) mass is 476 g/mol. The second-order valence-corrected chi connectivity index (χ2v) is 9.18. The van der Waals surface area contributed by atoms with Crippen LogP contribution in [-0.2, 0) is 11.8 Å². The third-order valence-corrected chi connectivity index (χ3v) is 7.02. The number of nitrogens with two attached hydrogens (primary N) is 1. The van der Waals surface area contributed by atoms with Crippen molar-refractivity contribution in [2.45, 2.75) is 18.6 Å². The van der Waals surface area contributed by atoms with E-state index in [1.807, 2.05) is 18.2 Å². The Morgan fingerprint density at radius 3 is 2.66 bits per heavy atom. The van der Waals surface area contributed by atoms with E-state index in [0.717, 1.165) is 53.3 Å². The molecule has 2 unspecified atom stereocenters. The van der Waals surface area contributed by atoms with Crippen LogP contribution in [0.1, 0.15) is 6.42 Å². The van der Waals surface area contributed by atoms with Gasteiger partial charge >= 0.3 is 0 Å². The lowest BCUT2D eigenvalue weighted by atomic mass is 9.95. The highest BCUT2D eigenvalue weighted by Gasteiger charge is 2.33. The van der Waals surface area contributed by atoms with Crippen molar-refractivity contribution in [2.75, 3.05) is 36.9 Å². The maximum absolute atomic E-state index is 14.2. The van der Waals surface area contributed by atoms with E-state index in [-0.39, 0.29) is 6.10 Å². The number of ether oxygens (including phenoxy) is 1. The number of hydrogen-bond acceptors (Lipinski definition) is 6. The predicted molar refractivity (Wildman–Crippen MR) is 132 cm³/mol. The highest BCUT2D eigenvalue weighted by Crippen LogP contribution is 2.40. The smallest absolute Gasteiger partial charge is 0.129 e. The van der Waals surface area contributed by atoms with E-state index in [1.165, 1.54) is 12.1 Å². The number of halogens is 2. The van der Waals surface area contributed by atoms with Crippen LogP contribution in [0.5, 0.6) is 0 Å². The van der Waals surface area contributed by atoms with E-state index in [1.54, 1.807) is 24.1 Å². The molecule has 2 aromatic carbocycles. The molecule has 2 fully saturated rings. The van der Waals surface area contributed by atoms with Crippen LogP contribution in [0.3, 0.4) is 0 Å². The van der Waals surface area contributed by atoms with E-state index < -0.39 is 11.6 Å². The van der Waals surface area contributed by atoms with Gasteiger partial charge in [-0.15, -0.1) is 0 Å². The molecule has 0 radical (unpaired) electrons. The van der Waals surface area contributed by atoms with Gasteiger partial charge in [-0.05, 0) is 41.8 Å². The number of aromatic nitrogens is 3. The fourth-order valence-corrected chi connectivity index (χ4v) is 5.25. The molecule has 0 amide bonds. The molecule has 9 heteroatoms. The number of fused-ring (bicyclic) bond motifs is 2. The van der Waals surface area contributed by atoms with Crippen molar-refractivity contribution in [2.24, 2.45) is 7.05 Å². The van der Waals surface area contributed by atoms with Crippen molar-refractivity contribution in [1.29, 1.82) is 0 Å². The summed E-state index contributed by atoms with van der Waals surface area (Å²) in [5.74, 6) is -0.687. The summed E-state index contributed by atoms with van der Waals surface area (Å²) in [4.78, 5) is 6.91. The first kappa shape index (κ1) is 21.9. The standard InChI is InChI=1S/C26H26F2N6O/c1-33-26(29)21(13-32-33)15-2-3-22-19(10-15)25(34-6-4-23-24(14-34)35-7-5-30-23)20(12-31-22)16-8-17(27)11-18(28)9-16/h2-3,8-13,23-24,30H,4-7,14,29H2,1H3. The average molecular weight is 477 g/mol. The molecule has 2 saturated heterocycles. The number of nitrogens with zero attached hydrogens (tertiary/aromatic N) is 4. The number of nitrogens with one attached hydrogen (secondary N) is 1. The largest absolute Gasteiger partial charge is 0.383 e. The van der Waals surface area contributed by atoms with Gasteiger partial charge in [0.15, 0.2) is 0 Å². The minimum Gasteiger partial charge on any atom is -0.383 e. The van der Waals surface area contributed by atoms with Gasteiger partial charge in [-0.1, -0.05) is 6.07 Å². The van der Waals surface area contributed by atoms with Crippen LogP contribution < -0.4 is 16.0 Å². The summed E-state index contributed by atoms with van der Waals surface area (Å²) in [6.45, 7) is 2.96. The van der Waals surface area contributed by atoms with E-state index in [9.17, 15) is 8.78 Å². The molecule has 2 aliphatic heterocycles. The van der Waals surface area contributed by atoms with Gasteiger partial charge in [0.05, 0.1) is 30.1 Å². The number of anilines is 2. The molecule has 4 aromatic rings. The molecule has 7 nitrogen and oxygen atoms in total. The van der Waals surface area contributed by atoms with Gasteiger partial charge in [0.2, 0.25) is 0 Å². The number of nitrogen functional groups attached to an aromatic ring is 1. The van der Waals surface area contributed by atoms with Crippen LogP contribution in [0.4, 0.5) is 20.3 Å². The number of pyridine rings is 1. The summed E-state index contributed by atoms with van der Waals surface area (Å²) in [6.07, 6.45) is 4.38. The molecule has 0 bridgehead atoms. The molecule has 4 heterocycles. The first-order valence-electron chi connectivity index (χ1n) is 11.7. The number of rotatable bonds is 3. The first-order chi connectivity index (χ1) is 17.0. The topological polar surface area (TPSA) is 81.2 Å². The van der Waals surface area contributed by atoms with Crippen LogP contribution in [0.25, 0.3) is 33.2 Å². The van der Waals surface area contributed by atoms with Crippen molar-refractivity contribution in [3.8, 4) is 22.3 Å². The van der Waals surface area contributed by atoms with Crippen molar-refractivity contribution in [3.05, 3.63) is 60.4 Å². The molecule has 3 N–H and O–H groups in total. The lowest BCUT2D eigenvalue weighted by Crippen LogP contribution is -2.57. The maximum Gasteiger partial charge on any atom is 0.129 e. The highest BCUT2D eigenvalue weighted by atomic mass is 19.1. The number of aryl methyl sites for hydroxylation is 1. The highest BCUT2D eigenvalue weighted by molar-refractivity contribution is 6.02. The normalized spacial score (nSPS) is 20.3. The number of hydrogen-bond donors (Lipinski definition) is 2. The molecule has 0 aliphatic carbocycles. The minimum atomic E-state index is -0.624. The van der Waals surface area contributed by atoms with Crippen LogP contribution >= 0.6 is 0 Å². The third kappa shape index (κ3) is 3.90. The Morgan fingerprint density at radius 1 is 1.06 bits per heavy atom. The lowest BCUT2D eigenvalue weighted by Gasteiger charge is -2.43. The van der Waals surface area contributed by atoms with Crippen LogP contribution in [0.15, 0.2) is 48.8 Å². The molecule has 0 spiro atoms. The first-order valence-corrected chi connectivity index (χ1v) is 11.7. The zero-order valence-electron chi connectivity index (χ0n) is 19.3. The molecular weight excluding hydrogens is 450 g/mol. The van der Waals surface area contributed by atoms with E-state index in [0.29, 0.717) is 36.1 Å². The Bertz CT molecular complexity index is 1400. The average Bonchev–Trinajstić information content (AvgIpc) is 3.20. The molecule has 0 saturated carbocycles. The molecule has 2 aliphatic rings. The molecule has 6 rings (SSSR count). The zero-order valence-corrected chi connectivity index (χ0v) is 19.3. The van der Waals surface area contributed by atoms with Crippen LogP contribution in [0, 0.1) is 11.6 Å². The molecule has 2 aromatic heterocycles. The Balaban J connectivity index is 1.55. The molecular formula is C26H26F2N6O. The van der Waals surface area contributed by atoms with Crippen molar-refractivity contribution < 1.29 is 13.5 Å². The predicted octanol–water partition coefficient (Wildman–Crippen LogP) is 3.73. The molecule has 180 valence electrons. The number of morpholine rings is 1. The lowest BCUT2D eigenvalue weighted by molar-refractivity contribution is -0.00896. The second-order valence-electron chi connectivity index (χ2n) is 9.18. The van der Waals surface area contributed by atoms with Crippen molar-refractivity contribution >= 4 is 22.4 Å². The Kier molecular flexibility index (Phi) is 5.38. The Morgan fingerprint density at radius 2 is 1.89 bits per heavy atom. The van der Waals surface area contributed by atoms with Gasteiger partial charge in [-0.2, -0.15) is 5.10 Å². The third-order valence-electron chi connectivity index (χ3n) is 7.02. The van der Waals surface area contributed by atoms with Crippen LogP contribution in [-0.4, -0.2) is 53.2 Å². The van der Waals surface area contributed by atoms with Gasteiger partial charge in [-0.3, -0.25) is 9.67 Å². The summed E-state index contributed by atoms with van der Waals surface area (Å²) in [5.41, 5.74) is 10.8. The molecule has 2 atom stereocenters. The van der Waals surface area contributed by atoms with E-state index >= 15 is 0 Å². The van der Waals surface area contributed by atoms with Crippen LogP contribution in [0.2, 0.25) is 0 Å². The summed E-state index contributed by atoms with van der Waals surface area (Å²) >= 11 is 0. The minimum absolute atomic E-state index is 0.0370. The summed E-state index contributed by atoms with van der Waals surface area (Å²) in [5, 5.41) is 8.70. The molecule has 35 heavy (non-hydrogen) atoms. The van der Waals surface area contributed by atoms with Gasteiger partial charge in [-0.25, -0.2) is 8.78 Å². The number of piperidine rings is 1. The summed E-state index contributed by atoms with van der Waals surface area (Å²) in [7, 11) is 1.80. The van der Waals surface area contributed by atoms with Gasteiger partial charge in [0.1, 0.15) is 17.5 Å². The SMILES string of the molecule is Cn1ncc(-c2ccc3ncc(-c4cc(F)cc(F)c4)c(N4CCC5NCCOC5C4)c3c2)c1N. The van der Waals surface area contributed by atoms with E-state index in [2.05, 4.69) is 20.3 Å². The number of benzene rings is 2. The maximum atomic E-state index is 14.2. The van der Waals surface area contributed by atoms with Crippen molar-refractivity contribution in [3.63, 3.8) is 0 Å². The summed E-state index contributed by atoms with van der Waals surface area (Å²) < 4.78 is 36.2. The zero-order chi connectivity index (χ0) is 24.1. The summed E-state index contributed by atoms with van der Waals surface area (Å²) in [6, 6.07) is 9.84. The Labute approximate surface area is 201 Å². The Hall–Kier alpha value is -3.56. The fraction of sp³-hybridized carbons (Fsp3) is 0.308. The second kappa shape index (κ2) is 8.58. The van der Waals surface area contributed by atoms with E-state index in [4.69, 9.17) is 10.5 Å². The quantitative estimate of drug-likeness (QED) is 0.469. The van der Waals surface area contributed by atoms with Gasteiger partial charge < -0.3 is 20.7 Å². The fourth-order valence-electron chi connectivity index (χ4n) is 5.25. The van der Waals surface area contributed by atoms with Gasteiger partial charge in [0.25, 0.3) is 0 Å². The van der Waals surface area contributed by atoms with Gasteiger partial charge in [0, 0.05) is 61.5 Å². The van der Waals surface area contributed by atoms with Crippen molar-refractivity contribution in [1.82, 2.24) is 20.1 Å².